The van der Waals surface area contributed by atoms with E-state index in [1.165, 1.54) is 24.0 Å². The van der Waals surface area contributed by atoms with E-state index < -0.39 is 0 Å². The van der Waals surface area contributed by atoms with Gasteiger partial charge in [-0.05, 0) is 43.9 Å². The number of aliphatic hydroxyl groups is 1. The Morgan fingerprint density at radius 3 is 2.58 bits per heavy atom. The number of rotatable bonds is 3. The van der Waals surface area contributed by atoms with Crippen molar-refractivity contribution in [3.8, 4) is 0 Å². The molecule has 19 heavy (non-hydrogen) atoms. The molecule has 2 N–H and O–H groups in total. The average Bonchev–Trinajstić information content (AvgIpc) is 2.91. The Balaban J connectivity index is 1.71. The molecule has 2 aliphatic rings. The first kappa shape index (κ1) is 13.1. The van der Waals surface area contributed by atoms with Gasteiger partial charge < -0.3 is 10.4 Å². The highest BCUT2D eigenvalue weighted by Crippen LogP contribution is 2.34. The largest absolute Gasteiger partial charge is 0.394 e. The Morgan fingerprint density at radius 1 is 1.32 bits per heavy atom. The zero-order valence-corrected chi connectivity index (χ0v) is 11.7. The van der Waals surface area contributed by atoms with Crippen LogP contribution in [-0.2, 0) is 13.1 Å². The summed E-state index contributed by atoms with van der Waals surface area (Å²) in [6.07, 6.45) is 4.63. The van der Waals surface area contributed by atoms with Crippen molar-refractivity contribution in [1.82, 2.24) is 10.2 Å². The summed E-state index contributed by atoms with van der Waals surface area (Å²) in [6.45, 7) is 2.40. The topological polar surface area (TPSA) is 35.5 Å². The summed E-state index contributed by atoms with van der Waals surface area (Å²) in [6, 6.07) is 9.36. The molecule has 3 heteroatoms. The minimum atomic E-state index is -0.0578. The van der Waals surface area contributed by atoms with Crippen LogP contribution < -0.4 is 5.32 Å². The monoisotopic (exact) mass is 260 g/mol. The number of nitrogens with zero attached hydrogens (tertiary/aromatic N) is 1. The van der Waals surface area contributed by atoms with Crippen LogP contribution in [0.4, 0.5) is 0 Å². The van der Waals surface area contributed by atoms with Crippen molar-refractivity contribution in [3.63, 3.8) is 0 Å². The lowest BCUT2D eigenvalue weighted by Crippen LogP contribution is -2.53. The fourth-order valence-corrected chi connectivity index (χ4v) is 3.71. The summed E-state index contributed by atoms with van der Waals surface area (Å²) in [5, 5.41) is 13.1. The second-order valence-electron chi connectivity index (χ2n) is 6.11. The van der Waals surface area contributed by atoms with Gasteiger partial charge in [0.15, 0.2) is 0 Å². The molecule has 0 bridgehead atoms. The first-order valence-electron chi connectivity index (χ1n) is 7.37. The molecule has 2 atom stereocenters. The Morgan fingerprint density at radius 2 is 2.00 bits per heavy atom. The number of nitrogens with one attached hydrogen (secondary N) is 1. The molecule has 1 aromatic rings. The van der Waals surface area contributed by atoms with Crippen LogP contribution in [0.3, 0.4) is 0 Å². The third kappa shape index (κ3) is 2.42. The second-order valence-corrected chi connectivity index (χ2v) is 6.11. The zero-order valence-electron chi connectivity index (χ0n) is 11.7. The van der Waals surface area contributed by atoms with Crippen molar-refractivity contribution in [1.29, 1.82) is 0 Å². The highest BCUT2D eigenvalue weighted by Gasteiger charge is 2.38. The van der Waals surface area contributed by atoms with E-state index in [1.807, 2.05) is 7.05 Å². The molecule has 1 saturated carbocycles. The van der Waals surface area contributed by atoms with E-state index >= 15 is 0 Å². The molecule has 0 spiro atoms. The van der Waals surface area contributed by atoms with Gasteiger partial charge >= 0.3 is 0 Å². The highest BCUT2D eigenvalue weighted by molar-refractivity contribution is 5.30. The molecule has 0 aromatic heterocycles. The first-order chi connectivity index (χ1) is 9.26. The summed E-state index contributed by atoms with van der Waals surface area (Å²) in [4.78, 5) is 2.59. The molecule has 1 aromatic carbocycles. The van der Waals surface area contributed by atoms with Crippen molar-refractivity contribution in [2.75, 3.05) is 13.7 Å². The van der Waals surface area contributed by atoms with E-state index in [-0.39, 0.29) is 12.1 Å². The maximum atomic E-state index is 9.69. The van der Waals surface area contributed by atoms with E-state index in [1.54, 1.807) is 0 Å². The first-order valence-corrected chi connectivity index (χ1v) is 7.37. The summed E-state index contributed by atoms with van der Waals surface area (Å²) in [5.74, 6) is 0. The average molecular weight is 260 g/mol. The molecule has 1 fully saturated rings. The van der Waals surface area contributed by atoms with Gasteiger partial charge in [0.05, 0.1) is 6.61 Å². The third-order valence-electron chi connectivity index (χ3n) is 5.03. The van der Waals surface area contributed by atoms with Crippen LogP contribution >= 0.6 is 0 Å². The van der Waals surface area contributed by atoms with Gasteiger partial charge in [0.25, 0.3) is 0 Å². The number of aliphatic hydroxyl groups excluding tert-OH is 1. The second kappa shape index (κ2) is 5.23. The van der Waals surface area contributed by atoms with Gasteiger partial charge in [0.2, 0.25) is 0 Å². The van der Waals surface area contributed by atoms with E-state index in [0.29, 0.717) is 6.04 Å². The van der Waals surface area contributed by atoms with Gasteiger partial charge in [-0.2, -0.15) is 0 Å². The maximum absolute atomic E-state index is 9.69. The third-order valence-corrected chi connectivity index (χ3v) is 5.03. The van der Waals surface area contributed by atoms with E-state index in [4.69, 9.17) is 0 Å². The summed E-state index contributed by atoms with van der Waals surface area (Å²) in [7, 11) is 1.98. The SMILES string of the molecule is CNC1(CO)CCCC(N2Cc3ccccc3C2)C1. The Kier molecular flexibility index (Phi) is 3.61. The number of benzene rings is 1. The lowest BCUT2D eigenvalue weighted by Gasteiger charge is -2.42. The molecule has 3 rings (SSSR count). The van der Waals surface area contributed by atoms with Crippen LogP contribution in [-0.4, -0.2) is 35.2 Å². The van der Waals surface area contributed by atoms with Crippen molar-refractivity contribution in [2.24, 2.45) is 0 Å². The van der Waals surface area contributed by atoms with Gasteiger partial charge in [-0.1, -0.05) is 24.3 Å². The molecular formula is C16H24N2O. The van der Waals surface area contributed by atoms with Crippen LogP contribution in [0, 0.1) is 0 Å². The normalized spacial score (nSPS) is 31.4. The molecule has 0 saturated heterocycles. The van der Waals surface area contributed by atoms with Crippen LogP contribution in [0.15, 0.2) is 24.3 Å². The molecule has 1 aliphatic heterocycles. The van der Waals surface area contributed by atoms with Crippen molar-refractivity contribution < 1.29 is 5.11 Å². The number of fused-ring (bicyclic) bond motifs is 1. The molecule has 104 valence electrons. The highest BCUT2D eigenvalue weighted by atomic mass is 16.3. The van der Waals surface area contributed by atoms with E-state index in [0.717, 1.165) is 25.9 Å². The van der Waals surface area contributed by atoms with Crippen molar-refractivity contribution in [2.45, 2.75) is 50.4 Å². The fraction of sp³-hybridized carbons (Fsp3) is 0.625. The summed E-state index contributed by atoms with van der Waals surface area (Å²) >= 11 is 0. The van der Waals surface area contributed by atoms with Crippen LogP contribution in [0.25, 0.3) is 0 Å². The minimum Gasteiger partial charge on any atom is -0.394 e. The predicted molar refractivity (Wildman–Crippen MR) is 76.8 cm³/mol. The Hall–Kier alpha value is -0.900. The molecule has 0 radical (unpaired) electrons. The molecule has 1 heterocycles. The summed E-state index contributed by atoms with van der Waals surface area (Å²) in [5.41, 5.74) is 2.90. The van der Waals surface area contributed by atoms with Gasteiger partial charge in [-0.25, -0.2) is 0 Å². The van der Waals surface area contributed by atoms with Crippen LogP contribution in [0.1, 0.15) is 36.8 Å². The molecular weight excluding hydrogens is 236 g/mol. The van der Waals surface area contributed by atoms with E-state index in [9.17, 15) is 5.11 Å². The number of likely N-dealkylation sites (N-methyl/N-ethyl adjacent to an activating group) is 1. The van der Waals surface area contributed by atoms with E-state index in [2.05, 4.69) is 34.5 Å². The Labute approximate surface area is 115 Å². The van der Waals surface area contributed by atoms with Crippen LogP contribution in [0.5, 0.6) is 0 Å². The van der Waals surface area contributed by atoms with Gasteiger partial charge in [-0.3, -0.25) is 4.90 Å². The number of hydrogen-bond donors (Lipinski definition) is 2. The minimum absolute atomic E-state index is 0.0578. The standard InChI is InChI=1S/C16H24N2O/c1-17-16(12-19)8-4-7-15(9-16)18-10-13-5-2-3-6-14(13)11-18/h2-3,5-6,15,17,19H,4,7-12H2,1H3. The quantitative estimate of drug-likeness (QED) is 0.871. The lowest BCUT2D eigenvalue weighted by molar-refractivity contribution is 0.0622. The zero-order chi connectivity index (χ0) is 13.3. The lowest BCUT2D eigenvalue weighted by atomic mass is 9.79. The fourth-order valence-electron chi connectivity index (χ4n) is 3.71. The Bertz CT molecular complexity index is 417. The number of hydrogen-bond acceptors (Lipinski definition) is 3. The van der Waals surface area contributed by atoms with Crippen molar-refractivity contribution in [3.05, 3.63) is 35.4 Å². The molecule has 2 unspecified atom stereocenters. The van der Waals surface area contributed by atoms with Crippen molar-refractivity contribution >= 4 is 0 Å². The van der Waals surface area contributed by atoms with Gasteiger partial charge in [0, 0.05) is 24.7 Å². The molecule has 3 nitrogen and oxygen atoms in total. The predicted octanol–water partition coefficient (Wildman–Crippen LogP) is 1.90. The smallest absolute Gasteiger partial charge is 0.0613 e. The molecule has 1 aliphatic carbocycles. The van der Waals surface area contributed by atoms with Gasteiger partial charge in [0.1, 0.15) is 0 Å². The van der Waals surface area contributed by atoms with Gasteiger partial charge in [-0.15, -0.1) is 0 Å². The van der Waals surface area contributed by atoms with Crippen LogP contribution in [0.2, 0.25) is 0 Å². The summed E-state index contributed by atoms with van der Waals surface area (Å²) < 4.78 is 0. The maximum Gasteiger partial charge on any atom is 0.0613 e. The molecule has 0 amide bonds.